The molecule has 1 fully saturated rings. The van der Waals surface area contributed by atoms with Crippen molar-refractivity contribution in [2.24, 2.45) is 0 Å². The van der Waals surface area contributed by atoms with Gasteiger partial charge in [-0.05, 0) is 56.2 Å². The number of hydrogen-bond acceptors (Lipinski definition) is 5. The molecule has 0 aliphatic carbocycles. The van der Waals surface area contributed by atoms with Gasteiger partial charge >= 0.3 is 12.2 Å². The zero-order valence-electron chi connectivity index (χ0n) is 21.4. The van der Waals surface area contributed by atoms with Gasteiger partial charge in [0.25, 0.3) is 5.91 Å². The van der Waals surface area contributed by atoms with E-state index in [0.29, 0.717) is 19.2 Å². The highest BCUT2D eigenvalue weighted by molar-refractivity contribution is 6.04. The highest BCUT2D eigenvalue weighted by atomic mass is 19.4. The van der Waals surface area contributed by atoms with Crippen LogP contribution in [0.3, 0.4) is 0 Å². The molecule has 0 bridgehead atoms. The Morgan fingerprint density at radius 1 is 1.11 bits per heavy atom. The molecule has 4 amide bonds. The molecule has 1 aliphatic rings. The summed E-state index contributed by atoms with van der Waals surface area (Å²) < 4.78 is 44.9. The number of halogens is 3. The fourth-order valence-electron chi connectivity index (χ4n) is 4.06. The molecule has 1 aliphatic heterocycles. The number of benzene rings is 2. The zero-order chi connectivity index (χ0) is 27.9. The van der Waals surface area contributed by atoms with E-state index in [4.69, 9.17) is 4.74 Å². The molecule has 2 aromatic carbocycles. The lowest BCUT2D eigenvalue weighted by Gasteiger charge is -2.18. The molecule has 1 atom stereocenters. The first-order valence-corrected chi connectivity index (χ1v) is 12.2. The number of urea groups is 1. The molecule has 0 spiro atoms. The van der Waals surface area contributed by atoms with Gasteiger partial charge in [-0.25, -0.2) is 4.79 Å². The van der Waals surface area contributed by atoms with E-state index in [1.807, 2.05) is 24.3 Å². The Labute approximate surface area is 219 Å². The van der Waals surface area contributed by atoms with E-state index in [-0.39, 0.29) is 17.8 Å². The molecule has 4 N–H and O–H groups in total. The van der Waals surface area contributed by atoms with Gasteiger partial charge < -0.3 is 26.0 Å². The van der Waals surface area contributed by atoms with E-state index < -0.39 is 41.7 Å². The minimum absolute atomic E-state index is 0.112. The molecular formula is C26H32F3N5O4. The largest absolute Gasteiger partial charge is 0.497 e. The van der Waals surface area contributed by atoms with E-state index in [9.17, 15) is 27.6 Å². The number of nitrogens with zero attached hydrogens (tertiary/aromatic N) is 1. The van der Waals surface area contributed by atoms with Gasteiger partial charge in [0.15, 0.2) is 0 Å². The quantitative estimate of drug-likeness (QED) is 0.394. The van der Waals surface area contributed by atoms with Crippen LogP contribution in [0.15, 0.2) is 42.5 Å². The van der Waals surface area contributed by atoms with Gasteiger partial charge in [-0.2, -0.15) is 13.2 Å². The normalized spacial score (nSPS) is 15.7. The number of rotatable bonds is 9. The molecule has 0 radical (unpaired) electrons. The number of carbonyl (C=O) groups is 3. The van der Waals surface area contributed by atoms with Gasteiger partial charge in [-0.1, -0.05) is 12.1 Å². The summed E-state index contributed by atoms with van der Waals surface area (Å²) >= 11 is 0. The highest BCUT2D eigenvalue weighted by Gasteiger charge is 2.32. The second-order valence-corrected chi connectivity index (χ2v) is 9.33. The van der Waals surface area contributed by atoms with Crippen LogP contribution < -0.4 is 26.0 Å². The summed E-state index contributed by atoms with van der Waals surface area (Å²) in [5, 5.41) is 10.1. The van der Waals surface area contributed by atoms with E-state index in [2.05, 4.69) is 26.2 Å². The van der Waals surface area contributed by atoms with Crippen LogP contribution in [-0.4, -0.2) is 61.6 Å². The summed E-state index contributed by atoms with van der Waals surface area (Å²) in [5.41, 5.74) is -0.459. The van der Waals surface area contributed by atoms with Crippen LogP contribution in [0, 0.1) is 0 Å². The number of alkyl halides is 3. The molecule has 9 nitrogen and oxygen atoms in total. The molecule has 12 heteroatoms. The standard InChI is InChI=1S/C26H32F3N5O4/c1-16(2)31-25(37)33-22-9-6-18(26(27,28)29)12-21(22)24(36)30-13-23(35)32-19-10-11-34(15-19)14-17-4-7-20(38-3)8-5-17/h4-9,12,16,19H,10-11,13-15H2,1-3H3,(H,30,36)(H,32,35)(H2,31,33,37)/t19-/m0/s1. The fraction of sp³-hybridized carbons (Fsp3) is 0.423. The van der Waals surface area contributed by atoms with Crippen molar-refractivity contribution < 1.29 is 32.3 Å². The number of carbonyl (C=O) groups excluding carboxylic acids is 3. The van der Waals surface area contributed by atoms with Gasteiger partial charge in [-0.15, -0.1) is 0 Å². The molecule has 0 aromatic heterocycles. The predicted octanol–water partition coefficient (Wildman–Crippen LogP) is 3.36. The number of nitrogens with one attached hydrogen (secondary N) is 4. The van der Waals surface area contributed by atoms with Gasteiger partial charge in [0.05, 0.1) is 30.5 Å². The van der Waals surface area contributed by atoms with Crippen molar-refractivity contribution in [2.45, 2.75) is 45.1 Å². The van der Waals surface area contributed by atoms with E-state index >= 15 is 0 Å². The number of methoxy groups -OCH3 is 1. The first kappa shape index (κ1) is 28.8. The topological polar surface area (TPSA) is 112 Å². The lowest BCUT2D eigenvalue weighted by Crippen LogP contribution is -2.43. The van der Waals surface area contributed by atoms with E-state index in [1.54, 1.807) is 21.0 Å². The average molecular weight is 536 g/mol. The first-order valence-electron chi connectivity index (χ1n) is 12.2. The van der Waals surface area contributed by atoms with Crippen LogP contribution >= 0.6 is 0 Å². The number of anilines is 1. The van der Waals surface area contributed by atoms with Crippen molar-refractivity contribution in [2.75, 3.05) is 32.1 Å². The number of hydrogen-bond donors (Lipinski definition) is 4. The molecule has 3 rings (SSSR count). The summed E-state index contributed by atoms with van der Waals surface area (Å²) in [6.45, 7) is 5.10. The third-order valence-electron chi connectivity index (χ3n) is 5.87. The highest BCUT2D eigenvalue weighted by Crippen LogP contribution is 2.32. The summed E-state index contributed by atoms with van der Waals surface area (Å²) in [5.74, 6) is -0.610. The van der Waals surface area contributed by atoms with Crippen molar-refractivity contribution in [3.05, 3.63) is 59.2 Å². The Morgan fingerprint density at radius 2 is 1.82 bits per heavy atom. The maximum absolute atomic E-state index is 13.2. The molecule has 38 heavy (non-hydrogen) atoms. The van der Waals surface area contributed by atoms with Gasteiger partial charge in [0.1, 0.15) is 5.75 Å². The minimum atomic E-state index is -4.69. The molecule has 2 aromatic rings. The number of ether oxygens (including phenoxy) is 1. The molecule has 206 valence electrons. The van der Waals surface area contributed by atoms with Crippen molar-refractivity contribution in [3.63, 3.8) is 0 Å². The molecule has 0 saturated carbocycles. The summed E-state index contributed by atoms with van der Waals surface area (Å²) in [6.07, 6.45) is -3.96. The molecule has 0 unspecified atom stereocenters. The van der Waals surface area contributed by atoms with Gasteiger partial charge in [0.2, 0.25) is 5.91 Å². The van der Waals surface area contributed by atoms with E-state index in [0.717, 1.165) is 36.4 Å². The summed E-state index contributed by atoms with van der Waals surface area (Å²) in [6, 6.07) is 9.12. The average Bonchev–Trinajstić information content (AvgIpc) is 3.28. The second-order valence-electron chi connectivity index (χ2n) is 9.33. The maximum Gasteiger partial charge on any atom is 0.416 e. The van der Waals surface area contributed by atoms with Gasteiger partial charge in [0, 0.05) is 31.7 Å². The Balaban J connectivity index is 1.56. The zero-order valence-corrected chi connectivity index (χ0v) is 21.4. The third-order valence-corrected chi connectivity index (χ3v) is 5.87. The Bertz CT molecular complexity index is 1140. The van der Waals surface area contributed by atoms with Crippen molar-refractivity contribution in [1.29, 1.82) is 0 Å². The third kappa shape index (κ3) is 8.37. The van der Waals surface area contributed by atoms with Crippen LogP contribution in [0.5, 0.6) is 5.75 Å². The predicted molar refractivity (Wildman–Crippen MR) is 136 cm³/mol. The van der Waals surface area contributed by atoms with Crippen LogP contribution in [0.4, 0.5) is 23.7 Å². The van der Waals surface area contributed by atoms with Crippen LogP contribution in [0.1, 0.15) is 41.8 Å². The second kappa shape index (κ2) is 12.6. The molecular weight excluding hydrogens is 503 g/mol. The first-order chi connectivity index (χ1) is 17.9. The van der Waals surface area contributed by atoms with E-state index in [1.165, 1.54) is 0 Å². The van der Waals surface area contributed by atoms with Crippen LogP contribution in [0.2, 0.25) is 0 Å². The number of likely N-dealkylation sites (tertiary alicyclic amines) is 1. The molecule has 1 heterocycles. The fourth-order valence-corrected chi connectivity index (χ4v) is 4.06. The molecule has 1 saturated heterocycles. The smallest absolute Gasteiger partial charge is 0.416 e. The van der Waals surface area contributed by atoms with Crippen LogP contribution in [-0.2, 0) is 17.5 Å². The SMILES string of the molecule is COc1ccc(CN2CC[C@H](NC(=O)CNC(=O)c3cc(C(F)(F)F)ccc3NC(=O)NC(C)C)C2)cc1. The monoisotopic (exact) mass is 535 g/mol. The van der Waals surface area contributed by atoms with Crippen molar-refractivity contribution in [1.82, 2.24) is 20.9 Å². The minimum Gasteiger partial charge on any atom is -0.497 e. The summed E-state index contributed by atoms with van der Waals surface area (Å²) in [4.78, 5) is 39.5. The van der Waals surface area contributed by atoms with Crippen LogP contribution in [0.25, 0.3) is 0 Å². The Hall–Kier alpha value is -3.80. The summed E-state index contributed by atoms with van der Waals surface area (Å²) in [7, 11) is 1.60. The lowest BCUT2D eigenvalue weighted by atomic mass is 10.1. The number of amides is 4. The lowest BCUT2D eigenvalue weighted by molar-refractivity contribution is -0.137. The van der Waals surface area contributed by atoms with Crippen molar-refractivity contribution in [3.8, 4) is 5.75 Å². The Kier molecular flexibility index (Phi) is 9.56. The maximum atomic E-state index is 13.2. The van der Waals surface area contributed by atoms with Crippen molar-refractivity contribution >= 4 is 23.5 Å². The van der Waals surface area contributed by atoms with Gasteiger partial charge in [-0.3, -0.25) is 14.5 Å². The Morgan fingerprint density at radius 3 is 2.45 bits per heavy atom.